The van der Waals surface area contributed by atoms with Crippen LogP contribution in [0.4, 0.5) is 10.5 Å². The fourth-order valence-corrected chi connectivity index (χ4v) is 3.96. The maximum Gasteiger partial charge on any atom is 0.317 e. The van der Waals surface area contributed by atoms with Gasteiger partial charge in [-0.15, -0.1) is 0 Å². The molecule has 0 radical (unpaired) electrons. The lowest BCUT2D eigenvalue weighted by atomic mass is 10.1. The lowest BCUT2D eigenvalue weighted by Crippen LogP contribution is -2.50. The Morgan fingerprint density at radius 2 is 1.92 bits per heavy atom. The van der Waals surface area contributed by atoms with Crippen LogP contribution in [0.2, 0.25) is 0 Å². The van der Waals surface area contributed by atoms with E-state index < -0.39 is 0 Å². The van der Waals surface area contributed by atoms with E-state index in [4.69, 9.17) is 9.47 Å². The second kappa shape index (κ2) is 7.61. The number of piperazine rings is 1. The second-order valence-corrected chi connectivity index (χ2v) is 7.18. The van der Waals surface area contributed by atoms with Gasteiger partial charge in [0, 0.05) is 51.9 Å². The summed E-state index contributed by atoms with van der Waals surface area (Å²) in [5, 5.41) is 2.87. The number of rotatable bonds is 5. The highest BCUT2D eigenvalue weighted by Gasteiger charge is 2.26. The van der Waals surface area contributed by atoms with E-state index in [2.05, 4.69) is 28.1 Å². The zero-order chi connectivity index (χ0) is 17.9. The molecule has 0 bridgehead atoms. The minimum absolute atomic E-state index is 0.0816. The van der Waals surface area contributed by atoms with Gasteiger partial charge in [-0.25, -0.2) is 4.79 Å². The van der Waals surface area contributed by atoms with Crippen molar-refractivity contribution in [2.45, 2.75) is 19.4 Å². The summed E-state index contributed by atoms with van der Waals surface area (Å²) in [5.74, 6) is 1.74. The van der Waals surface area contributed by atoms with Crippen LogP contribution in [0.1, 0.15) is 13.3 Å². The number of ether oxygens (including phenoxy) is 2. The first kappa shape index (κ1) is 17.3. The molecule has 2 fully saturated rings. The summed E-state index contributed by atoms with van der Waals surface area (Å²) in [6.45, 7) is 9.97. The van der Waals surface area contributed by atoms with Gasteiger partial charge < -0.3 is 24.6 Å². The summed E-state index contributed by atoms with van der Waals surface area (Å²) in [7, 11) is 0. The first-order valence-electron chi connectivity index (χ1n) is 9.63. The third-order valence-electron chi connectivity index (χ3n) is 5.59. The predicted molar refractivity (Wildman–Crippen MR) is 100 cm³/mol. The molecule has 3 heterocycles. The number of hydrogen-bond acceptors (Lipinski definition) is 5. The smallest absolute Gasteiger partial charge is 0.317 e. The molecular formula is C19H28N4O3. The van der Waals surface area contributed by atoms with E-state index in [0.717, 1.165) is 69.4 Å². The first-order chi connectivity index (χ1) is 12.7. The molecule has 1 aromatic rings. The van der Waals surface area contributed by atoms with Gasteiger partial charge in [-0.2, -0.15) is 0 Å². The van der Waals surface area contributed by atoms with Crippen LogP contribution in [0, 0.1) is 0 Å². The number of urea groups is 1. The molecule has 4 rings (SSSR count). The molecule has 0 aromatic heterocycles. The SMILES string of the molecule is CC(CCN1CCNC1=O)N1CCN(c2cccc3c2OCCO3)CC1. The van der Waals surface area contributed by atoms with Crippen LogP contribution in [0.15, 0.2) is 18.2 Å². The summed E-state index contributed by atoms with van der Waals surface area (Å²) in [5.41, 5.74) is 1.14. The highest BCUT2D eigenvalue weighted by molar-refractivity contribution is 5.76. The Kier molecular flexibility index (Phi) is 5.06. The van der Waals surface area contributed by atoms with Crippen LogP contribution < -0.4 is 19.7 Å². The molecule has 1 atom stereocenters. The highest BCUT2D eigenvalue weighted by Crippen LogP contribution is 2.39. The van der Waals surface area contributed by atoms with Gasteiger partial charge in [0.1, 0.15) is 13.2 Å². The molecule has 26 heavy (non-hydrogen) atoms. The Morgan fingerprint density at radius 3 is 2.69 bits per heavy atom. The molecule has 2 saturated heterocycles. The van der Waals surface area contributed by atoms with Crippen molar-refractivity contribution in [1.29, 1.82) is 0 Å². The monoisotopic (exact) mass is 360 g/mol. The summed E-state index contributed by atoms with van der Waals surface area (Å²) < 4.78 is 11.6. The molecule has 1 unspecified atom stereocenters. The van der Waals surface area contributed by atoms with E-state index in [9.17, 15) is 4.79 Å². The summed E-state index contributed by atoms with van der Waals surface area (Å²) in [6.07, 6.45) is 1.02. The third-order valence-corrected chi connectivity index (χ3v) is 5.59. The van der Waals surface area contributed by atoms with Crippen molar-refractivity contribution in [2.24, 2.45) is 0 Å². The van der Waals surface area contributed by atoms with E-state index in [0.29, 0.717) is 19.3 Å². The maximum absolute atomic E-state index is 11.7. The van der Waals surface area contributed by atoms with E-state index in [1.54, 1.807) is 0 Å². The van der Waals surface area contributed by atoms with E-state index >= 15 is 0 Å². The Labute approximate surface area is 154 Å². The van der Waals surface area contributed by atoms with Crippen molar-refractivity contribution >= 4 is 11.7 Å². The molecule has 3 aliphatic heterocycles. The lowest BCUT2D eigenvalue weighted by Gasteiger charge is -2.40. The molecule has 0 saturated carbocycles. The lowest BCUT2D eigenvalue weighted by molar-refractivity contribution is 0.165. The van der Waals surface area contributed by atoms with Crippen molar-refractivity contribution in [3.8, 4) is 11.5 Å². The molecule has 142 valence electrons. The molecule has 7 heteroatoms. The maximum atomic E-state index is 11.7. The molecule has 0 spiro atoms. The molecule has 2 amide bonds. The molecule has 7 nitrogen and oxygen atoms in total. The number of fused-ring (bicyclic) bond motifs is 1. The van der Waals surface area contributed by atoms with Gasteiger partial charge >= 0.3 is 6.03 Å². The minimum Gasteiger partial charge on any atom is -0.486 e. The molecular weight excluding hydrogens is 332 g/mol. The molecule has 1 aromatic carbocycles. The van der Waals surface area contributed by atoms with Crippen LogP contribution in [-0.2, 0) is 0 Å². The van der Waals surface area contributed by atoms with Crippen LogP contribution in [0.3, 0.4) is 0 Å². The van der Waals surface area contributed by atoms with E-state index in [1.807, 2.05) is 17.0 Å². The van der Waals surface area contributed by atoms with Crippen LogP contribution in [-0.4, -0.2) is 80.9 Å². The Morgan fingerprint density at radius 1 is 1.12 bits per heavy atom. The average Bonchev–Trinajstić information content (AvgIpc) is 3.10. The number of carbonyl (C=O) groups excluding carboxylic acids is 1. The number of nitrogens with zero attached hydrogens (tertiary/aromatic N) is 3. The molecule has 1 N–H and O–H groups in total. The fraction of sp³-hybridized carbons (Fsp3) is 0.632. The quantitative estimate of drug-likeness (QED) is 0.860. The fourth-order valence-electron chi connectivity index (χ4n) is 3.96. The van der Waals surface area contributed by atoms with Gasteiger partial charge in [-0.05, 0) is 25.5 Å². The highest BCUT2D eigenvalue weighted by atomic mass is 16.6. The summed E-state index contributed by atoms with van der Waals surface area (Å²) in [6, 6.07) is 6.70. The number of carbonyl (C=O) groups is 1. The molecule has 0 aliphatic carbocycles. The van der Waals surface area contributed by atoms with Crippen molar-refractivity contribution in [3.05, 3.63) is 18.2 Å². The van der Waals surface area contributed by atoms with Crippen molar-refractivity contribution < 1.29 is 14.3 Å². The van der Waals surface area contributed by atoms with Crippen LogP contribution in [0.25, 0.3) is 0 Å². The Balaban J connectivity index is 1.31. The summed E-state index contributed by atoms with van der Waals surface area (Å²) in [4.78, 5) is 18.5. The number of anilines is 1. The Hall–Kier alpha value is -2.15. The second-order valence-electron chi connectivity index (χ2n) is 7.18. The predicted octanol–water partition coefficient (Wildman–Crippen LogP) is 1.38. The third kappa shape index (κ3) is 3.53. The van der Waals surface area contributed by atoms with Gasteiger partial charge in [-0.1, -0.05) is 6.07 Å². The van der Waals surface area contributed by atoms with Crippen LogP contribution >= 0.6 is 0 Å². The van der Waals surface area contributed by atoms with Crippen LogP contribution in [0.5, 0.6) is 11.5 Å². The first-order valence-corrected chi connectivity index (χ1v) is 9.63. The van der Waals surface area contributed by atoms with Gasteiger partial charge in [0.2, 0.25) is 0 Å². The largest absolute Gasteiger partial charge is 0.486 e. The normalized spacial score (nSPS) is 21.7. The van der Waals surface area contributed by atoms with E-state index in [-0.39, 0.29) is 6.03 Å². The zero-order valence-electron chi connectivity index (χ0n) is 15.4. The van der Waals surface area contributed by atoms with Gasteiger partial charge in [0.25, 0.3) is 0 Å². The van der Waals surface area contributed by atoms with Crippen molar-refractivity contribution in [3.63, 3.8) is 0 Å². The standard InChI is InChI=1S/C19H28N4O3/c1-15(5-7-23-8-6-20-19(23)24)21-9-11-22(12-10-21)16-3-2-4-17-18(16)26-14-13-25-17/h2-4,15H,5-14H2,1H3,(H,20,24). The summed E-state index contributed by atoms with van der Waals surface area (Å²) >= 11 is 0. The molecule has 3 aliphatic rings. The number of amides is 2. The average molecular weight is 360 g/mol. The van der Waals surface area contributed by atoms with Crippen molar-refractivity contribution in [1.82, 2.24) is 15.1 Å². The zero-order valence-corrected chi connectivity index (χ0v) is 15.4. The van der Waals surface area contributed by atoms with Crippen molar-refractivity contribution in [2.75, 3.05) is 63.9 Å². The number of para-hydroxylation sites is 1. The van der Waals surface area contributed by atoms with Gasteiger partial charge in [0.15, 0.2) is 11.5 Å². The van der Waals surface area contributed by atoms with E-state index in [1.165, 1.54) is 0 Å². The topological polar surface area (TPSA) is 57.3 Å². The van der Waals surface area contributed by atoms with Gasteiger partial charge in [0.05, 0.1) is 5.69 Å². The van der Waals surface area contributed by atoms with Gasteiger partial charge in [-0.3, -0.25) is 4.90 Å². The number of nitrogens with one attached hydrogen (secondary N) is 1. The minimum atomic E-state index is 0.0816. The number of hydrogen-bond donors (Lipinski definition) is 1. The number of benzene rings is 1. The Bertz CT molecular complexity index is 646.